The second-order valence-electron chi connectivity index (χ2n) is 5.66. The molecule has 0 aliphatic heterocycles. The summed E-state index contributed by atoms with van der Waals surface area (Å²) in [6.07, 6.45) is 3.17. The molecule has 0 heterocycles. The van der Waals surface area contributed by atoms with Gasteiger partial charge in [0.25, 0.3) is 0 Å². The van der Waals surface area contributed by atoms with Crippen molar-refractivity contribution in [2.45, 2.75) is 12.8 Å². The van der Waals surface area contributed by atoms with Gasteiger partial charge in [-0.05, 0) is 53.5 Å². The molecule has 0 atom stereocenters. The molecular formula is C21H20O6. The number of allylic oxidation sites excluding steroid dienone is 2. The largest absolute Gasteiger partial charge is 0.504 e. The zero-order chi connectivity index (χ0) is 19.8. The number of phenolic OH excluding ortho intramolecular Hbond substituents is 2. The first-order valence-corrected chi connectivity index (χ1v) is 8.18. The lowest BCUT2D eigenvalue weighted by Gasteiger charge is -2.13. The predicted octanol–water partition coefficient (Wildman–Crippen LogP) is 3.28. The summed E-state index contributed by atoms with van der Waals surface area (Å²) in [5, 5.41) is 19.7. The molecule has 0 spiro atoms. The van der Waals surface area contributed by atoms with Crippen LogP contribution in [0.4, 0.5) is 0 Å². The number of methoxy groups -OCH3 is 2. The van der Waals surface area contributed by atoms with Crippen LogP contribution in [0.1, 0.15) is 24.0 Å². The number of benzene rings is 2. The monoisotopic (exact) mass is 368 g/mol. The Bertz CT molecular complexity index is 851. The SMILES string of the molecule is COc1cc(C(=CC(=O)CCC=C=O)c2ccc(O)c(OC)c2)ccc1O. The average molecular weight is 368 g/mol. The molecule has 0 aromatic heterocycles. The first-order valence-electron chi connectivity index (χ1n) is 8.18. The Labute approximate surface area is 157 Å². The second-order valence-corrected chi connectivity index (χ2v) is 5.66. The van der Waals surface area contributed by atoms with Crippen LogP contribution in [0, 0.1) is 0 Å². The smallest absolute Gasteiger partial charge is 0.161 e. The molecule has 0 radical (unpaired) electrons. The van der Waals surface area contributed by atoms with E-state index in [9.17, 15) is 19.8 Å². The zero-order valence-electron chi connectivity index (χ0n) is 15.1. The third kappa shape index (κ3) is 5.00. The van der Waals surface area contributed by atoms with E-state index in [4.69, 9.17) is 9.47 Å². The molecular weight excluding hydrogens is 348 g/mol. The van der Waals surface area contributed by atoms with Gasteiger partial charge in [0.2, 0.25) is 0 Å². The molecule has 2 aromatic carbocycles. The van der Waals surface area contributed by atoms with Crippen molar-refractivity contribution in [3.8, 4) is 23.0 Å². The minimum atomic E-state index is -0.185. The van der Waals surface area contributed by atoms with E-state index in [0.29, 0.717) is 23.1 Å². The fourth-order valence-corrected chi connectivity index (χ4v) is 2.53. The maximum absolute atomic E-state index is 12.3. The number of carbonyl (C=O) groups is 1. The van der Waals surface area contributed by atoms with Crippen LogP contribution in [0.2, 0.25) is 0 Å². The molecule has 6 heteroatoms. The van der Waals surface area contributed by atoms with Crippen molar-refractivity contribution in [3.63, 3.8) is 0 Å². The van der Waals surface area contributed by atoms with Gasteiger partial charge in [-0.1, -0.05) is 12.1 Å². The van der Waals surface area contributed by atoms with Crippen molar-refractivity contribution < 1.29 is 29.3 Å². The minimum absolute atomic E-state index is 0.0219. The normalized spacial score (nSPS) is 9.85. The van der Waals surface area contributed by atoms with Crippen LogP contribution in [0.3, 0.4) is 0 Å². The summed E-state index contributed by atoms with van der Waals surface area (Å²) >= 11 is 0. The quantitative estimate of drug-likeness (QED) is 0.549. The first kappa shape index (κ1) is 19.8. The molecule has 0 bridgehead atoms. The van der Waals surface area contributed by atoms with Gasteiger partial charge in [0.05, 0.1) is 14.2 Å². The van der Waals surface area contributed by atoms with Gasteiger partial charge in [0, 0.05) is 12.5 Å². The zero-order valence-corrected chi connectivity index (χ0v) is 15.1. The van der Waals surface area contributed by atoms with E-state index < -0.39 is 0 Å². The van der Waals surface area contributed by atoms with Crippen molar-refractivity contribution in [3.05, 3.63) is 59.7 Å². The Hall–Kier alpha value is -3.50. The van der Waals surface area contributed by atoms with E-state index in [2.05, 4.69) is 0 Å². The molecule has 0 saturated heterocycles. The maximum atomic E-state index is 12.3. The molecule has 0 amide bonds. The number of ether oxygens (including phenoxy) is 2. The summed E-state index contributed by atoms with van der Waals surface area (Å²) < 4.78 is 10.3. The molecule has 0 fully saturated rings. The van der Waals surface area contributed by atoms with Gasteiger partial charge in [0.15, 0.2) is 28.8 Å². The van der Waals surface area contributed by atoms with Crippen LogP contribution in [0.25, 0.3) is 5.57 Å². The molecule has 0 aliphatic carbocycles. The third-order valence-electron chi connectivity index (χ3n) is 3.91. The fourth-order valence-electron chi connectivity index (χ4n) is 2.53. The van der Waals surface area contributed by atoms with Crippen LogP contribution in [0.15, 0.2) is 48.6 Å². The number of phenols is 2. The van der Waals surface area contributed by atoms with E-state index in [1.54, 1.807) is 30.2 Å². The van der Waals surface area contributed by atoms with Gasteiger partial charge in [-0.2, -0.15) is 0 Å². The van der Waals surface area contributed by atoms with Crippen molar-refractivity contribution in [1.82, 2.24) is 0 Å². The Balaban J connectivity index is 2.54. The molecule has 27 heavy (non-hydrogen) atoms. The number of ketones is 1. The summed E-state index contributed by atoms with van der Waals surface area (Å²) in [6.45, 7) is 0. The van der Waals surface area contributed by atoms with Crippen molar-refractivity contribution in [2.75, 3.05) is 14.2 Å². The van der Waals surface area contributed by atoms with Gasteiger partial charge >= 0.3 is 0 Å². The highest BCUT2D eigenvalue weighted by Gasteiger charge is 2.13. The van der Waals surface area contributed by atoms with Crippen molar-refractivity contribution >= 4 is 17.3 Å². The van der Waals surface area contributed by atoms with Crippen LogP contribution >= 0.6 is 0 Å². The van der Waals surface area contributed by atoms with Gasteiger partial charge in [-0.3, -0.25) is 4.79 Å². The average Bonchev–Trinajstić information content (AvgIpc) is 2.67. The van der Waals surface area contributed by atoms with Crippen LogP contribution < -0.4 is 9.47 Å². The summed E-state index contributed by atoms with van der Waals surface area (Å²) in [4.78, 5) is 22.6. The second kappa shape index (κ2) is 9.27. The first-order chi connectivity index (χ1) is 13.0. The van der Waals surface area contributed by atoms with Gasteiger partial charge in [-0.15, -0.1) is 0 Å². The van der Waals surface area contributed by atoms with Crippen molar-refractivity contribution in [2.24, 2.45) is 0 Å². The van der Waals surface area contributed by atoms with Gasteiger partial charge < -0.3 is 19.7 Å². The molecule has 0 unspecified atom stereocenters. The Kier molecular flexibility index (Phi) is 6.80. The summed E-state index contributed by atoms with van der Waals surface area (Å²) in [7, 11) is 2.87. The molecule has 0 saturated carbocycles. The number of hydrogen-bond acceptors (Lipinski definition) is 6. The molecule has 2 rings (SSSR count). The molecule has 2 N–H and O–H groups in total. The standard InChI is InChI=1S/C21H20O6/c1-26-20-11-14(6-8-18(20)24)17(13-16(23)5-3-4-10-22)15-7-9-19(25)21(12-15)27-2/h4,6-9,11-13,24-25H,3,5H2,1-2H3. The third-order valence-corrected chi connectivity index (χ3v) is 3.91. The Morgan fingerprint density at radius 1 is 1.00 bits per heavy atom. The summed E-state index contributed by atoms with van der Waals surface area (Å²) in [5.74, 6) is 1.95. The van der Waals surface area contributed by atoms with E-state index in [-0.39, 0.29) is 35.2 Å². The van der Waals surface area contributed by atoms with E-state index in [1.807, 2.05) is 0 Å². The highest BCUT2D eigenvalue weighted by molar-refractivity contribution is 6.00. The number of aromatic hydroxyl groups is 2. The predicted molar refractivity (Wildman–Crippen MR) is 101 cm³/mol. The summed E-state index contributed by atoms with van der Waals surface area (Å²) in [6, 6.07) is 9.47. The molecule has 6 nitrogen and oxygen atoms in total. The molecule has 2 aromatic rings. The van der Waals surface area contributed by atoms with Gasteiger partial charge in [-0.25, -0.2) is 4.79 Å². The molecule has 140 valence electrons. The molecule has 0 aliphatic rings. The number of carbonyl (C=O) groups excluding carboxylic acids is 2. The van der Waals surface area contributed by atoms with E-state index in [0.717, 1.165) is 0 Å². The highest BCUT2D eigenvalue weighted by atomic mass is 16.5. The summed E-state index contributed by atoms with van der Waals surface area (Å²) in [5.41, 5.74) is 1.83. The highest BCUT2D eigenvalue weighted by Crippen LogP contribution is 2.35. The lowest BCUT2D eigenvalue weighted by atomic mass is 9.95. The Morgan fingerprint density at radius 2 is 1.52 bits per heavy atom. The van der Waals surface area contributed by atoms with Crippen LogP contribution in [0.5, 0.6) is 23.0 Å². The van der Waals surface area contributed by atoms with Crippen LogP contribution in [-0.2, 0) is 9.59 Å². The van der Waals surface area contributed by atoms with Crippen LogP contribution in [-0.4, -0.2) is 36.2 Å². The lowest BCUT2D eigenvalue weighted by Crippen LogP contribution is -1.98. The fraction of sp³-hybridized carbons (Fsp3) is 0.190. The topological polar surface area (TPSA) is 93.1 Å². The van der Waals surface area contributed by atoms with Crippen molar-refractivity contribution in [1.29, 1.82) is 0 Å². The lowest BCUT2D eigenvalue weighted by molar-refractivity contribution is -0.114. The van der Waals surface area contributed by atoms with E-state index >= 15 is 0 Å². The minimum Gasteiger partial charge on any atom is -0.504 e. The van der Waals surface area contributed by atoms with Gasteiger partial charge in [0.1, 0.15) is 5.94 Å². The van der Waals surface area contributed by atoms with E-state index in [1.165, 1.54) is 38.5 Å². The Morgan fingerprint density at radius 3 is 1.96 bits per heavy atom. The number of rotatable bonds is 8. The number of hydrogen-bond donors (Lipinski definition) is 2. The maximum Gasteiger partial charge on any atom is 0.161 e.